The molecular weight excluding hydrogens is 218 g/mol. The monoisotopic (exact) mass is 237 g/mol. The number of carbonyl (C=O) groups is 1. The molecule has 5 nitrogen and oxygen atoms in total. The Hall–Kier alpha value is -1.36. The Bertz CT molecular complexity index is 389. The third kappa shape index (κ3) is 3.30. The number of aromatic nitrogens is 1. The average Bonchev–Trinajstić information content (AvgIpc) is 2.61. The van der Waals surface area contributed by atoms with E-state index in [9.17, 15) is 4.79 Å². The van der Waals surface area contributed by atoms with E-state index in [2.05, 4.69) is 15.6 Å². The highest BCUT2D eigenvalue weighted by Crippen LogP contribution is 2.16. The minimum absolute atomic E-state index is 0.0413. The van der Waals surface area contributed by atoms with Gasteiger partial charge >= 0.3 is 0 Å². The second-order valence-corrected chi connectivity index (χ2v) is 4.59. The van der Waals surface area contributed by atoms with Crippen LogP contribution in [0.5, 0.6) is 0 Å². The molecule has 17 heavy (non-hydrogen) atoms. The topological polar surface area (TPSA) is 67.2 Å². The van der Waals surface area contributed by atoms with Crippen molar-refractivity contribution in [2.75, 3.05) is 6.54 Å². The first kappa shape index (κ1) is 12.1. The van der Waals surface area contributed by atoms with Gasteiger partial charge in [0.15, 0.2) is 0 Å². The summed E-state index contributed by atoms with van der Waals surface area (Å²) in [5.74, 6) is 1.62. The number of hydrogen-bond acceptors (Lipinski definition) is 4. The molecule has 0 bridgehead atoms. The largest absolute Gasteiger partial charge is 0.444 e. The van der Waals surface area contributed by atoms with Gasteiger partial charge in [0.25, 0.3) is 0 Å². The van der Waals surface area contributed by atoms with E-state index in [1.54, 1.807) is 6.20 Å². The minimum atomic E-state index is 0.0413. The molecule has 2 N–H and O–H groups in total. The van der Waals surface area contributed by atoms with Crippen molar-refractivity contribution < 1.29 is 9.21 Å². The SMILES string of the molecule is Cc1cnc(C(C)NC2CCCNC(=O)C2)o1. The molecular formula is C12H19N3O2. The van der Waals surface area contributed by atoms with Crippen molar-refractivity contribution >= 4 is 5.91 Å². The number of rotatable bonds is 3. The summed E-state index contributed by atoms with van der Waals surface area (Å²) in [7, 11) is 0. The lowest BCUT2D eigenvalue weighted by atomic mass is 10.1. The lowest BCUT2D eigenvalue weighted by Crippen LogP contribution is -2.34. The zero-order valence-electron chi connectivity index (χ0n) is 10.3. The first-order valence-electron chi connectivity index (χ1n) is 6.10. The quantitative estimate of drug-likeness (QED) is 0.831. The van der Waals surface area contributed by atoms with Crippen molar-refractivity contribution in [3.8, 4) is 0 Å². The van der Waals surface area contributed by atoms with Gasteiger partial charge in [-0.2, -0.15) is 0 Å². The number of oxazole rings is 1. The standard InChI is InChI=1S/C12H19N3O2/c1-8-7-14-12(17-8)9(2)15-10-4-3-5-13-11(16)6-10/h7,9-10,15H,3-6H2,1-2H3,(H,13,16). The molecule has 1 aromatic rings. The highest BCUT2D eigenvalue weighted by Gasteiger charge is 2.21. The molecule has 5 heteroatoms. The molecule has 1 amide bonds. The maximum absolute atomic E-state index is 11.4. The van der Waals surface area contributed by atoms with Gasteiger partial charge in [-0.1, -0.05) is 0 Å². The normalized spacial score (nSPS) is 22.9. The Morgan fingerprint density at radius 2 is 2.47 bits per heavy atom. The number of hydrogen-bond donors (Lipinski definition) is 2. The predicted molar refractivity (Wildman–Crippen MR) is 63.4 cm³/mol. The summed E-state index contributed by atoms with van der Waals surface area (Å²) in [5, 5.41) is 6.28. The molecule has 94 valence electrons. The van der Waals surface area contributed by atoms with Gasteiger partial charge in [0.1, 0.15) is 5.76 Å². The van der Waals surface area contributed by atoms with Crippen molar-refractivity contribution in [1.82, 2.24) is 15.6 Å². The summed E-state index contributed by atoms with van der Waals surface area (Å²) in [6, 6.07) is 0.249. The maximum Gasteiger partial charge on any atom is 0.221 e. The first-order chi connectivity index (χ1) is 8.15. The zero-order chi connectivity index (χ0) is 12.3. The highest BCUT2D eigenvalue weighted by atomic mass is 16.4. The van der Waals surface area contributed by atoms with E-state index in [-0.39, 0.29) is 18.0 Å². The minimum Gasteiger partial charge on any atom is -0.444 e. The molecule has 2 atom stereocenters. The van der Waals surface area contributed by atoms with Gasteiger partial charge in [-0.3, -0.25) is 4.79 Å². The number of carbonyl (C=O) groups excluding carboxylic acids is 1. The molecule has 1 aromatic heterocycles. The summed E-state index contributed by atoms with van der Waals surface area (Å²) in [6.07, 6.45) is 4.26. The van der Waals surface area contributed by atoms with Crippen molar-refractivity contribution in [2.45, 2.75) is 45.2 Å². The van der Waals surface area contributed by atoms with Crippen LogP contribution in [0.15, 0.2) is 10.6 Å². The Morgan fingerprint density at radius 1 is 1.65 bits per heavy atom. The molecule has 1 fully saturated rings. The van der Waals surface area contributed by atoms with Gasteiger partial charge in [-0.15, -0.1) is 0 Å². The molecule has 1 aliphatic heterocycles. The molecule has 0 aromatic carbocycles. The summed E-state index contributed by atoms with van der Waals surface area (Å²) in [4.78, 5) is 15.6. The maximum atomic E-state index is 11.4. The van der Waals surface area contributed by atoms with Gasteiger partial charge in [-0.25, -0.2) is 4.98 Å². The predicted octanol–water partition coefficient (Wildman–Crippen LogP) is 1.30. The summed E-state index contributed by atoms with van der Waals surface area (Å²) in [5.41, 5.74) is 0. The van der Waals surface area contributed by atoms with E-state index in [4.69, 9.17) is 4.42 Å². The number of nitrogens with zero attached hydrogens (tertiary/aromatic N) is 1. The third-order valence-electron chi connectivity index (χ3n) is 2.98. The average molecular weight is 237 g/mol. The fourth-order valence-electron chi connectivity index (χ4n) is 2.11. The summed E-state index contributed by atoms with van der Waals surface area (Å²) in [6.45, 7) is 4.67. The van der Waals surface area contributed by atoms with Crippen LogP contribution in [0.1, 0.15) is 43.9 Å². The van der Waals surface area contributed by atoms with Crippen molar-refractivity contribution in [3.05, 3.63) is 17.8 Å². The summed E-state index contributed by atoms with van der Waals surface area (Å²) >= 11 is 0. The van der Waals surface area contributed by atoms with Gasteiger partial charge in [0.2, 0.25) is 11.8 Å². The molecule has 2 unspecified atom stereocenters. The fourth-order valence-corrected chi connectivity index (χ4v) is 2.11. The van der Waals surface area contributed by atoms with E-state index in [1.165, 1.54) is 0 Å². The number of aryl methyl sites for hydroxylation is 1. The van der Waals surface area contributed by atoms with Crippen LogP contribution in [0.3, 0.4) is 0 Å². The number of amides is 1. The molecule has 0 radical (unpaired) electrons. The first-order valence-corrected chi connectivity index (χ1v) is 6.10. The molecule has 0 spiro atoms. The van der Waals surface area contributed by atoms with Crippen molar-refractivity contribution in [1.29, 1.82) is 0 Å². The van der Waals surface area contributed by atoms with E-state index in [0.717, 1.165) is 25.1 Å². The molecule has 2 rings (SSSR count). The van der Waals surface area contributed by atoms with Crippen LogP contribution in [-0.2, 0) is 4.79 Å². The van der Waals surface area contributed by atoms with Gasteiger partial charge in [0.05, 0.1) is 12.2 Å². The van der Waals surface area contributed by atoms with E-state index in [0.29, 0.717) is 12.3 Å². The van der Waals surface area contributed by atoms with E-state index < -0.39 is 0 Å². The third-order valence-corrected chi connectivity index (χ3v) is 2.98. The Balaban J connectivity index is 1.93. The second kappa shape index (κ2) is 5.31. The van der Waals surface area contributed by atoms with E-state index >= 15 is 0 Å². The van der Waals surface area contributed by atoms with Crippen molar-refractivity contribution in [3.63, 3.8) is 0 Å². The smallest absolute Gasteiger partial charge is 0.221 e. The molecule has 2 heterocycles. The van der Waals surface area contributed by atoms with Crippen molar-refractivity contribution in [2.24, 2.45) is 0 Å². The van der Waals surface area contributed by atoms with Crippen LogP contribution in [0.25, 0.3) is 0 Å². The van der Waals surface area contributed by atoms with E-state index in [1.807, 2.05) is 13.8 Å². The van der Waals surface area contributed by atoms with Crippen LogP contribution in [0.4, 0.5) is 0 Å². The highest BCUT2D eigenvalue weighted by molar-refractivity contribution is 5.76. The Kier molecular flexibility index (Phi) is 3.78. The van der Waals surface area contributed by atoms with Crippen LogP contribution in [0, 0.1) is 6.92 Å². The molecule has 0 saturated carbocycles. The van der Waals surface area contributed by atoms with Crippen LogP contribution in [-0.4, -0.2) is 23.5 Å². The molecule has 1 saturated heterocycles. The second-order valence-electron chi connectivity index (χ2n) is 4.59. The fraction of sp³-hybridized carbons (Fsp3) is 0.667. The zero-order valence-corrected chi connectivity index (χ0v) is 10.3. The lowest BCUT2D eigenvalue weighted by Gasteiger charge is -2.18. The summed E-state index contributed by atoms with van der Waals surface area (Å²) < 4.78 is 5.47. The van der Waals surface area contributed by atoms with Crippen LogP contribution in [0.2, 0.25) is 0 Å². The van der Waals surface area contributed by atoms with Gasteiger partial charge in [-0.05, 0) is 26.7 Å². The van der Waals surface area contributed by atoms with Gasteiger partial charge < -0.3 is 15.1 Å². The molecule has 1 aliphatic rings. The Labute approximate surface area is 101 Å². The van der Waals surface area contributed by atoms with Crippen LogP contribution < -0.4 is 10.6 Å². The lowest BCUT2D eigenvalue weighted by molar-refractivity contribution is -0.121. The number of nitrogens with one attached hydrogen (secondary N) is 2. The molecule has 0 aliphatic carbocycles. The van der Waals surface area contributed by atoms with Gasteiger partial charge in [0, 0.05) is 19.0 Å². The van der Waals surface area contributed by atoms with Crippen LogP contribution >= 0.6 is 0 Å². The Morgan fingerprint density at radius 3 is 3.18 bits per heavy atom.